The molecule has 0 amide bonds. The van der Waals surface area contributed by atoms with Gasteiger partial charge < -0.3 is 9.64 Å². The van der Waals surface area contributed by atoms with Gasteiger partial charge in [0.1, 0.15) is 5.82 Å². The van der Waals surface area contributed by atoms with E-state index in [2.05, 4.69) is 4.90 Å². The van der Waals surface area contributed by atoms with Crippen LogP contribution in [0, 0.1) is 17.1 Å². The molecule has 0 aromatic heterocycles. The number of nitriles is 1. The van der Waals surface area contributed by atoms with Crippen LogP contribution in [0.3, 0.4) is 0 Å². The van der Waals surface area contributed by atoms with E-state index in [1.807, 2.05) is 20.2 Å². The van der Waals surface area contributed by atoms with Gasteiger partial charge in [0, 0.05) is 11.1 Å². The van der Waals surface area contributed by atoms with Gasteiger partial charge in [-0.15, -0.1) is 0 Å². The van der Waals surface area contributed by atoms with E-state index >= 15 is 0 Å². The van der Waals surface area contributed by atoms with Gasteiger partial charge in [-0.3, -0.25) is 0 Å². The number of hydrogen-bond acceptors (Lipinski definition) is 4. The average Bonchev–Trinajstić information content (AvgIpc) is 2.88. The second-order valence-electron chi connectivity index (χ2n) is 6.50. The summed E-state index contributed by atoms with van der Waals surface area (Å²) in [5, 5.41) is 9.09. The number of halogens is 1. The van der Waals surface area contributed by atoms with Crippen molar-refractivity contribution in [2.45, 2.75) is 18.4 Å². The summed E-state index contributed by atoms with van der Waals surface area (Å²) < 4.78 is 19.2. The second-order valence-corrected chi connectivity index (χ2v) is 6.50. The highest BCUT2D eigenvalue weighted by atomic mass is 19.1. The van der Waals surface area contributed by atoms with E-state index in [0.717, 1.165) is 24.1 Å². The largest absolute Gasteiger partial charge is 0.446 e. The van der Waals surface area contributed by atoms with E-state index in [1.54, 1.807) is 30.3 Å². The SMILES string of the molecule is CN(C)CCCC1(c2ccc(F)cc2)OC(=O)c2cc(C#N)ccc21. The predicted molar refractivity (Wildman–Crippen MR) is 91.5 cm³/mol. The lowest BCUT2D eigenvalue weighted by Gasteiger charge is -2.30. The van der Waals surface area contributed by atoms with Crippen molar-refractivity contribution in [1.82, 2.24) is 4.90 Å². The molecule has 5 heteroatoms. The number of rotatable bonds is 5. The molecule has 25 heavy (non-hydrogen) atoms. The smallest absolute Gasteiger partial charge is 0.339 e. The Morgan fingerprint density at radius 3 is 2.56 bits per heavy atom. The maximum absolute atomic E-state index is 13.4. The van der Waals surface area contributed by atoms with Crippen molar-refractivity contribution in [1.29, 1.82) is 5.26 Å². The molecule has 1 unspecified atom stereocenters. The molecule has 0 saturated carbocycles. The number of cyclic esters (lactones) is 1. The first-order valence-electron chi connectivity index (χ1n) is 8.15. The summed E-state index contributed by atoms with van der Waals surface area (Å²) in [7, 11) is 3.97. The van der Waals surface area contributed by atoms with Crippen LogP contribution in [-0.4, -0.2) is 31.5 Å². The number of ether oxygens (including phenoxy) is 1. The zero-order valence-electron chi connectivity index (χ0n) is 14.3. The van der Waals surface area contributed by atoms with Gasteiger partial charge >= 0.3 is 5.97 Å². The van der Waals surface area contributed by atoms with Crippen LogP contribution in [0.1, 0.15) is 39.9 Å². The third-order valence-electron chi connectivity index (χ3n) is 4.52. The Hall–Kier alpha value is -2.71. The number of carbonyl (C=O) groups is 1. The summed E-state index contributed by atoms with van der Waals surface area (Å²) >= 11 is 0. The fourth-order valence-corrected chi connectivity index (χ4v) is 3.31. The van der Waals surface area contributed by atoms with Crippen molar-refractivity contribution >= 4 is 5.97 Å². The topological polar surface area (TPSA) is 53.3 Å². The fraction of sp³-hybridized carbons (Fsp3) is 0.300. The van der Waals surface area contributed by atoms with Gasteiger partial charge in [0.25, 0.3) is 0 Å². The molecule has 0 aliphatic carbocycles. The van der Waals surface area contributed by atoms with Gasteiger partial charge in [0.15, 0.2) is 5.60 Å². The van der Waals surface area contributed by atoms with Crippen LogP contribution in [0.5, 0.6) is 0 Å². The average molecular weight is 338 g/mol. The van der Waals surface area contributed by atoms with E-state index in [1.165, 1.54) is 12.1 Å². The van der Waals surface area contributed by atoms with Gasteiger partial charge in [0.2, 0.25) is 0 Å². The minimum absolute atomic E-state index is 0.337. The standard InChI is InChI=1S/C20H19FN2O2/c1-23(2)11-3-10-20(15-5-7-16(21)8-6-15)18-9-4-14(13-22)12-17(18)19(24)25-20/h4-9,12H,3,10-11H2,1-2H3. The lowest BCUT2D eigenvalue weighted by Crippen LogP contribution is -2.29. The summed E-state index contributed by atoms with van der Waals surface area (Å²) in [6.07, 6.45) is 1.39. The van der Waals surface area contributed by atoms with E-state index in [9.17, 15) is 9.18 Å². The number of carbonyl (C=O) groups excluding carboxylic acids is 1. The zero-order valence-corrected chi connectivity index (χ0v) is 14.3. The Morgan fingerprint density at radius 1 is 1.20 bits per heavy atom. The highest BCUT2D eigenvalue weighted by molar-refractivity contribution is 5.95. The highest BCUT2D eigenvalue weighted by Gasteiger charge is 2.46. The molecular formula is C20H19FN2O2. The Labute approximate surface area is 146 Å². The van der Waals surface area contributed by atoms with Crippen molar-refractivity contribution in [3.05, 3.63) is 70.5 Å². The van der Waals surface area contributed by atoms with E-state index in [0.29, 0.717) is 17.5 Å². The van der Waals surface area contributed by atoms with Crippen LogP contribution < -0.4 is 0 Å². The molecular weight excluding hydrogens is 319 g/mol. The van der Waals surface area contributed by atoms with E-state index in [4.69, 9.17) is 10.00 Å². The van der Waals surface area contributed by atoms with Crippen molar-refractivity contribution in [2.24, 2.45) is 0 Å². The highest BCUT2D eigenvalue weighted by Crippen LogP contribution is 2.45. The fourth-order valence-electron chi connectivity index (χ4n) is 3.31. The maximum atomic E-state index is 13.4. The molecule has 0 N–H and O–H groups in total. The molecule has 1 aliphatic heterocycles. The Balaban J connectivity index is 2.09. The molecule has 0 saturated heterocycles. The molecule has 0 bridgehead atoms. The number of fused-ring (bicyclic) bond motifs is 1. The summed E-state index contributed by atoms with van der Waals surface area (Å²) in [5.74, 6) is -0.780. The summed E-state index contributed by atoms with van der Waals surface area (Å²) in [6.45, 7) is 0.839. The predicted octanol–water partition coefficient (Wildman–Crippen LogP) is 3.45. The van der Waals surface area contributed by atoms with E-state index < -0.39 is 11.6 Å². The Kier molecular flexibility index (Phi) is 4.56. The van der Waals surface area contributed by atoms with E-state index in [-0.39, 0.29) is 5.82 Å². The first-order valence-corrected chi connectivity index (χ1v) is 8.15. The van der Waals surface area contributed by atoms with Crippen LogP contribution >= 0.6 is 0 Å². The monoisotopic (exact) mass is 338 g/mol. The van der Waals surface area contributed by atoms with Crippen molar-refractivity contribution in [3.63, 3.8) is 0 Å². The molecule has 1 aliphatic rings. The summed E-state index contributed by atoms with van der Waals surface area (Å²) in [4.78, 5) is 14.5. The molecule has 0 spiro atoms. The van der Waals surface area contributed by atoms with Crippen LogP contribution in [-0.2, 0) is 10.3 Å². The molecule has 3 rings (SSSR count). The summed E-state index contributed by atoms with van der Waals surface area (Å²) in [6, 6.07) is 13.1. The van der Waals surface area contributed by atoms with Crippen molar-refractivity contribution in [2.75, 3.05) is 20.6 Å². The quantitative estimate of drug-likeness (QED) is 0.784. The van der Waals surface area contributed by atoms with Crippen LogP contribution in [0.15, 0.2) is 42.5 Å². The minimum atomic E-state index is -0.940. The maximum Gasteiger partial charge on any atom is 0.339 e. The molecule has 1 heterocycles. The third kappa shape index (κ3) is 3.13. The normalized spacial score (nSPS) is 18.8. The minimum Gasteiger partial charge on any atom is -0.446 e. The van der Waals surface area contributed by atoms with Gasteiger partial charge in [-0.25, -0.2) is 9.18 Å². The van der Waals surface area contributed by atoms with Crippen molar-refractivity contribution < 1.29 is 13.9 Å². The van der Waals surface area contributed by atoms with Gasteiger partial charge in [0.05, 0.1) is 17.2 Å². The number of hydrogen-bond donors (Lipinski definition) is 0. The first-order chi connectivity index (χ1) is 12.0. The lowest BCUT2D eigenvalue weighted by molar-refractivity contribution is 0.00582. The molecule has 0 radical (unpaired) electrons. The van der Waals surface area contributed by atoms with Crippen molar-refractivity contribution in [3.8, 4) is 6.07 Å². The number of esters is 1. The Morgan fingerprint density at radius 2 is 1.92 bits per heavy atom. The number of benzene rings is 2. The van der Waals surface area contributed by atoms with Crippen LogP contribution in [0.2, 0.25) is 0 Å². The Bertz CT molecular complexity index is 840. The molecule has 2 aromatic rings. The zero-order chi connectivity index (χ0) is 18.0. The lowest BCUT2D eigenvalue weighted by atomic mass is 9.81. The first kappa shape index (κ1) is 17.1. The third-order valence-corrected chi connectivity index (χ3v) is 4.52. The molecule has 1 atom stereocenters. The second kappa shape index (κ2) is 6.66. The summed E-state index contributed by atoms with van der Waals surface area (Å²) in [5.41, 5.74) is 1.36. The van der Waals surface area contributed by atoms with Crippen LogP contribution in [0.4, 0.5) is 4.39 Å². The van der Waals surface area contributed by atoms with Gasteiger partial charge in [-0.1, -0.05) is 18.2 Å². The molecule has 128 valence electrons. The van der Waals surface area contributed by atoms with Gasteiger partial charge in [-0.05, 0) is 57.7 Å². The van der Waals surface area contributed by atoms with Gasteiger partial charge in [-0.2, -0.15) is 5.26 Å². The molecule has 2 aromatic carbocycles. The number of nitrogens with zero attached hydrogens (tertiary/aromatic N) is 2. The van der Waals surface area contributed by atoms with Crippen LogP contribution in [0.25, 0.3) is 0 Å². The molecule has 4 nitrogen and oxygen atoms in total. The molecule has 0 fully saturated rings.